The predicted molar refractivity (Wildman–Crippen MR) is 232 cm³/mol. The Bertz CT molecular complexity index is 2350. The van der Waals surface area contributed by atoms with E-state index in [1.165, 1.54) is 46.8 Å². The number of ether oxygens (including phenoxy) is 4. The molecule has 0 bridgehead atoms. The molecule has 18 nitrogen and oxygen atoms in total. The molecule has 3 aliphatic rings. The van der Waals surface area contributed by atoms with Crippen molar-refractivity contribution in [3.8, 4) is 6.07 Å². The Balaban J connectivity index is 1.17. The number of rotatable bonds is 15. The zero-order valence-corrected chi connectivity index (χ0v) is 38.7. The Labute approximate surface area is 383 Å². The molecule has 4 amide bonds. The van der Waals surface area contributed by atoms with Crippen LogP contribution < -0.4 is 5.32 Å². The number of carbonyl (C=O) groups is 6. The van der Waals surface area contributed by atoms with Gasteiger partial charge >= 0.3 is 25.6 Å². The second-order valence-corrected chi connectivity index (χ2v) is 19.8. The molecule has 3 fully saturated rings. The number of amides is 4. The zero-order chi connectivity index (χ0) is 47.9. The third-order valence-corrected chi connectivity index (χ3v) is 14.4. The molecule has 0 radical (unpaired) electrons. The molecule has 356 valence electrons. The summed E-state index contributed by atoms with van der Waals surface area (Å²) in [7, 11) is -5.69. The number of alkyl halides is 2. The third kappa shape index (κ3) is 11.5. The van der Waals surface area contributed by atoms with Crippen LogP contribution in [0.25, 0.3) is 10.1 Å². The van der Waals surface area contributed by atoms with Crippen molar-refractivity contribution in [3.05, 3.63) is 70.6 Å². The molecule has 22 heteroatoms. The van der Waals surface area contributed by atoms with Crippen LogP contribution in [0.2, 0.25) is 0 Å². The molecule has 4 heterocycles. The van der Waals surface area contributed by atoms with Crippen LogP contribution >= 0.6 is 18.9 Å². The average Bonchev–Trinajstić information content (AvgIpc) is 4.01. The van der Waals surface area contributed by atoms with Crippen molar-refractivity contribution in [2.45, 2.75) is 89.8 Å². The number of thiophene rings is 1. The van der Waals surface area contributed by atoms with Crippen molar-refractivity contribution >= 4 is 65.0 Å². The summed E-state index contributed by atoms with van der Waals surface area (Å²) in [6, 6.07) is 15.2. The first kappa shape index (κ1) is 49.7. The SMILES string of the molecule is CC(=O)N1CC[C@H]2CC[C@@H](C(=O)N3C[C@@H](C#N)[C@H](c4ccccc4)C3)N2C(=O)C(CNC(=O)c2cc3cc(C(F)(F)P(=O)(OCOC(=O)OC(C)C)OCOC(=O)OC(C)C)ccc3s2)C1. The van der Waals surface area contributed by atoms with Crippen LogP contribution in [0, 0.1) is 23.2 Å². The van der Waals surface area contributed by atoms with Crippen LogP contribution in [0.4, 0.5) is 18.4 Å². The van der Waals surface area contributed by atoms with E-state index in [0.717, 1.165) is 29.0 Å². The molecule has 3 aromatic rings. The summed E-state index contributed by atoms with van der Waals surface area (Å²) in [5.74, 6) is -3.12. The number of hydrogen-bond donors (Lipinski definition) is 1. The summed E-state index contributed by atoms with van der Waals surface area (Å²) < 4.78 is 75.0. The van der Waals surface area contributed by atoms with Crippen molar-refractivity contribution in [1.82, 2.24) is 20.0 Å². The number of benzene rings is 2. The number of nitrogens with zero attached hydrogens (tertiary/aromatic N) is 4. The number of carbonyl (C=O) groups excluding carboxylic acids is 6. The topological polar surface area (TPSA) is 220 Å². The second kappa shape index (κ2) is 21.3. The van der Waals surface area contributed by atoms with Gasteiger partial charge in [0.2, 0.25) is 31.3 Å². The average molecular weight is 960 g/mol. The van der Waals surface area contributed by atoms with Gasteiger partial charge in [-0.3, -0.25) is 32.8 Å². The first-order valence-corrected chi connectivity index (χ1v) is 23.7. The summed E-state index contributed by atoms with van der Waals surface area (Å²) >= 11 is 0.946. The van der Waals surface area contributed by atoms with Crippen LogP contribution in [0.1, 0.15) is 80.6 Å². The minimum atomic E-state index is -5.69. The Morgan fingerprint density at radius 2 is 1.55 bits per heavy atom. The highest BCUT2D eigenvalue weighted by Gasteiger charge is 2.56. The molecular formula is C44H52F2N5O13PS. The van der Waals surface area contributed by atoms with Crippen molar-refractivity contribution < 1.29 is 70.1 Å². The summed E-state index contributed by atoms with van der Waals surface area (Å²) in [5.41, 5.74) is -4.39. The van der Waals surface area contributed by atoms with E-state index in [0.29, 0.717) is 37.1 Å². The molecular weight excluding hydrogens is 908 g/mol. The number of hydrogen-bond acceptors (Lipinski definition) is 15. The van der Waals surface area contributed by atoms with E-state index in [1.54, 1.807) is 14.7 Å². The Hall–Kier alpha value is -5.68. The normalized spacial score (nSPS) is 21.2. The molecule has 3 aliphatic heterocycles. The highest BCUT2D eigenvalue weighted by molar-refractivity contribution is 7.54. The van der Waals surface area contributed by atoms with Gasteiger partial charge in [-0.1, -0.05) is 36.4 Å². The fourth-order valence-electron chi connectivity index (χ4n) is 8.24. The van der Waals surface area contributed by atoms with E-state index in [-0.39, 0.29) is 53.7 Å². The van der Waals surface area contributed by atoms with Crippen molar-refractivity contribution in [2.24, 2.45) is 11.8 Å². The lowest BCUT2D eigenvalue weighted by molar-refractivity contribution is -0.150. The maximum atomic E-state index is 16.2. The highest BCUT2D eigenvalue weighted by Crippen LogP contribution is 2.67. The van der Waals surface area contributed by atoms with E-state index in [1.807, 2.05) is 30.3 Å². The molecule has 1 aromatic heterocycles. The summed E-state index contributed by atoms with van der Waals surface area (Å²) in [6.45, 7) is 5.44. The Kier molecular flexibility index (Phi) is 16.1. The second-order valence-electron chi connectivity index (χ2n) is 16.7. The molecule has 1 N–H and O–H groups in total. The number of fused-ring (bicyclic) bond motifs is 2. The van der Waals surface area contributed by atoms with Crippen LogP contribution in [-0.4, -0.2) is 121 Å². The highest BCUT2D eigenvalue weighted by atomic mass is 32.1. The quantitative estimate of drug-likeness (QED) is 0.0927. The van der Waals surface area contributed by atoms with Crippen LogP contribution in [-0.2, 0) is 52.6 Å². The van der Waals surface area contributed by atoms with Crippen molar-refractivity contribution in [2.75, 3.05) is 46.3 Å². The standard InChI is InChI=1S/C44H52F2N5O13PS/c1-26(2)63-42(56)59-24-61-65(58,62-25-60-43(57)64-27(3)4)44(45,46)33-11-14-37-30(17-33)18-38(66-37)39(53)48-20-32-22-49(28(5)52)16-15-34-12-13-36(51(34)40(32)54)41(55)50-21-31(19-47)35(23-50)29-9-7-6-8-10-29/h6-11,14,17-18,26-27,31-32,34-36H,12-13,15-16,20-25H2,1-5H3,(H,48,53)/t31-,32?,34-,35+,36+/m1/s1. The zero-order valence-electron chi connectivity index (χ0n) is 37.0. The fraction of sp³-hybridized carbons (Fsp3) is 0.523. The molecule has 3 saturated heterocycles. The van der Waals surface area contributed by atoms with Gasteiger partial charge in [0.05, 0.1) is 35.0 Å². The fourth-order valence-corrected chi connectivity index (χ4v) is 10.4. The molecule has 5 atom stereocenters. The van der Waals surface area contributed by atoms with Gasteiger partial charge in [-0.15, -0.1) is 11.3 Å². The molecule has 6 rings (SSSR count). The monoisotopic (exact) mass is 959 g/mol. The minimum Gasteiger partial charge on any atom is -0.432 e. The van der Waals surface area contributed by atoms with E-state index < -0.39 is 86.6 Å². The van der Waals surface area contributed by atoms with E-state index in [2.05, 4.69) is 20.9 Å². The van der Waals surface area contributed by atoms with Crippen LogP contribution in [0.3, 0.4) is 0 Å². The van der Waals surface area contributed by atoms with Crippen molar-refractivity contribution in [1.29, 1.82) is 5.26 Å². The Morgan fingerprint density at radius 3 is 2.15 bits per heavy atom. The third-order valence-electron chi connectivity index (χ3n) is 11.4. The lowest BCUT2D eigenvalue weighted by Crippen LogP contribution is -2.57. The van der Waals surface area contributed by atoms with Gasteiger partial charge in [0, 0.05) is 61.9 Å². The van der Waals surface area contributed by atoms with Gasteiger partial charge in [-0.25, -0.2) is 9.59 Å². The van der Waals surface area contributed by atoms with Crippen LogP contribution in [0.5, 0.6) is 0 Å². The maximum absolute atomic E-state index is 16.2. The van der Waals surface area contributed by atoms with Gasteiger partial charge in [0.1, 0.15) is 6.04 Å². The summed E-state index contributed by atoms with van der Waals surface area (Å²) in [4.78, 5) is 83.7. The molecule has 0 saturated carbocycles. The van der Waals surface area contributed by atoms with Crippen molar-refractivity contribution in [3.63, 3.8) is 0 Å². The van der Waals surface area contributed by atoms with Gasteiger partial charge < -0.3 is 39.0 Å². The van der Waals surface area contributed by atoms with E-state index in [4.69, 9.17) is 18.5 Å². The molecule has 2 aromatic carbocycles. The molecule has 0 aliphatic carbocycles. The largest absolute Gasteiger partial charge is 0.510 e. The number of nitriles is 1. The van der Waals surface area contributed by atoms with Gasteiger partial charge in [-0.05, 0) is 76.1 Å². The van der Waals surface area contributed by atoms with E-state index >= 15 is 8.78 Å². The summed E-state index contributed by atoms with van der Waals surface area (Å²) in [6.07, 6.45) is -2.49. The van der Waals surface area contributed by atoms with Gasteiger partial charge in [-0.2, -0.15) is 14.0 Å². The molecule has 1 unspecified atom stereocenters. The lowest BCUT2D eigenvalue weighted by Gasteiger charge is -2.39. The smallest absolute Gasteiger partial charge is 0.432 e. The Morgan fingerprint density at radius 1 is 0.894 bits per heavy atom. The molecule has 0 spiro atoms. The number of halogens is 2. The predicted octanol–water partition coefficient (Wildman–Crippen LogP) is 6.94. The first-order valence-electron chi connectivity index (χ1n) is 21.4. The van der Waals surface area contributed by atoms with Crippen LogP contribution in [0.15, 0.2) is 54.6 Å². The maximum Gasteiger partial charge on any atom is 0.510 e. The number of nitrogens with one attached hydrogen (secondary N) is 1. The molecule has 66 heavy (non-hydrogen) atoms. The minimum absolute atomic E-state index is 0.0299. The first-order chi connectivity index (χ1) is 31.3. The number of likely N-dealkylation sites (tertiary alicyclic amines) is 1. The summed E-state index contributed by atoms with van der Waals surface area (Å²) in [5, 5.41) is 12.9. The van der Waals surface area contributed by atoms with Gasteiger partial charge in [0.25, 0.3) is 5.91 Å². The van der Waals surface area contributed by atoms with E-state index in [9.17, 15) is 38.6 Å². The lowest BCUT2D eigenvalue weighted by atomic mass is 9.90. The van der Waals surface area contributed by atoms with Gasteiger partial charge in [0.15, 0.2) is 0 Å².